The minimum absolute atomic E-state index is 0.550. The fraction of sp³-hybridized carbons (Fsp3) is 0.750. The van der Waals surface area contributed by atoms with Crippen LogP contribution in [0.15, 0.2) is 6.20 Å². The van der Waals surface area contributed by atoms with Crippen molar-refractivity contribution in [2.45, 2.75) is 33.1 Å². The molecule has 0 spiro atoms. The molecule has 0 bridgehead atoms. The molecule has 0 aromatic carbocycles. The molecular formula is C8H15N3. The normalized spacial score (nSPS) is 13.8. The lowest BCUT2D eigenvalue weighted by Gasteiger charge is -2.14. The van der Waals surface area contributed by atoms with Gasteiger partial charge in [-0.3, -0.25) is 0 Å². The number of hydrogen-bond acceptors (Lipinski definition) is 2. The molecule has 1 unspecified atom stereocenters. The average Bonchev–Trinajstić information content (AvgIpc) is 2.40. The summed E-state index contributed by atoms with van der Waals surface area (Å²) in [6.07, 6.45) is 2.94. The molecule has 0 saturated carbocycles. The summed E-state index contributed by atoms with van der Waals surface area (Å²) in [6, 6.07) is 0. The second-order valence-corrected chi connectivity index (χ2v) is 3.15. The Kier molecular flexibility index (Phi) is 2.63. The Hall–Kier alpha value is -0.860. The van der Waals surface area contributed by atoms with Gasteiger partial charge in [0.25, 0.3) is 0 Å². The molecule has 1 aromatic rings. The van der Waals surface area contributed by atoms with Gasteiger partial charge in [-0.05, 0) is 12.3 Å². The standard InChI is InChI=1S/C8H15N3/c1-4-7(6(2)3)8-5-9-11-10-8/h5-7H,4H2,1-3H3,(H,9,10,11). The Balaban J connectivity index is 2.71. The summed E-state index contributed by atoms with van der Waals surface area (Å²) < 4.78 is 0. The van der Waals surface area contributed by atoms with Crippen LogP contribution < -0.4 is 0 Å². The zero-order valence-corrected chi connectivity index (χ0v) is 7.33. The fourth-order valence-electron chi connectivity index (χ4n) is 1.41. The van der Waals surface area contributed by atoms with Crippen LogP contribution in [0.4, 0.5) is 0 Å². The van der Waals surface area contributed by atoms with Gasteiger partial charge in [0, 0.05) is 5.92 Å². The van der Waals surface area contributed by atoms with Gasteiger partial charge in [0.15, 0.2) is 0 Å². The minimum Gasteiger partial charge on any atom is -0.198 e. The van der Waals surface area contributed by atoms with Crippen LogP contribution in [-0.2, 0) is 0 Å². The first-order valence-corrected chi connectivity index (χ1v) is 4.11. The summed E-state index contributed by atoms with van der Waals surface area (Å²) in [7, 11) is 0. The molecule has 0 fully saturated rings. The molecular weight excluding hydrogens is 138 g/mol. The van der Waals surface area contributed by atoms with E-state index < -0.39 is 0 Å². The molecule has 1 N–H and O–H groups in total. The van der Waals surface area contributed by atoms with E-state index in [0.717, 1.165) is 12.1 Å². The molecule has 0 saturated heterocycles. The highest BCUT2D eigenvalue weighted by Gasteiger charge is 2.15. The van der Waals surface area contributed by atoms with Crippen molar-refractivity contribution < 1.29 is 0 Å². The smallest absolute Gasteiger partial charge is 0.0857 e. The third kappa shape index (κ3) is 1.79. The number of rotatable bonds is 3. The number of aromatic amines is 1. The van der Waals surface area contributed by atoms with Crippen LogP contribution in [0.3, 0.4) is 0 Å². The van der Waals surface area contributed by atoms with Gasteiger partial charge < -0.3 is 0 Å². The third-order valence-electron chi connectivity index (χ3n) is 2.06. The van der Waals surface area contributed by atoms with Crippen molar-refractivity contribution >= 4 is 0 Å². The molecule has 0 aliphatic rings. The molecule has 1 rings (SSSR count). The first-order valence-electron chi connectivity index (χ1n) is 4.11. The van der Waals surface area contributed by atoms with Crippen LogP contribution in [0, 0.1) is 5.92 Å². The van der Waals surface area contributed by atoms with Gasteiger partial charge in [-0.25, -0.2) is 0 Å². The maximum Gasteiger partial charge on any atom is 0.0857 e. The van der Waals surface area contributed by atoms with Crippen molar-refractivity contribution in [2.75, 3.05) is 0 Å². The van der Waals surface area contributed by atoms with Crippen molar-refractivity contribution in [1.82, 2.24) is 15.4 Å². The molecule has 3 nitrogen and oxygen atoms in total. The molecule has 0 aliphatic heterocycles. The maximum absolute atomic E-state index is 4.07. The van der Waals surface area contributed by atoms with Crippen LogP contribution >= 0.6 is 0 Å². The number of nitrogens with one attached hydrogen (secondary N) is 1. The summed E-state index contributed by atoms with van der Waals surface area (Å²) in [4.78, 5) is 0. The average molecular weight is 153 g/mol. The molecule has 1 atom stereocenters. The van der Waals surface area contributed by atoms with E-state index in [4.69, 9.17) is 0 Å². The monoisotopic (exact) mass is 153 g/mol. The van der Waals surface area contributed by atoms with Crippen molar-refractivity contribution in [3.8, 4) is 0 Å². The highest BCUT2D eigenvalue weighted by atomic mass is 15.3. The predicted octanol–water partition coefficient (Wildman–Crippen LogP) is 1.95. The van der Waals surface area contributed by atoms with Crippen LogP contribution in [0.25, 0.3) is 0 Å². The predicted molar refractivity (Wildman–Crippen MR) is 44.3 cm³/mol. The minimum atomic E-state index is 0.550. The van der Waals surface area contributed by atoms with Gasteiger partial charge in [0.05, 0.1) is 11.9 Å². The van der Waals surface area contributed by atoms with Gasteiger partial charge in [-0.1, -0.05) is 20.8 Å². The summed E-state index contributed by atoms with van der Waals surface area (Å²) in [5.74, 6) is 1.19. The first-order chi connectivity index (χ1) is 5.25. The van der Waals surface area contributed by atoms with E-state index in [-0.39, 0.29) is 0 Å². The van der Waals surface area contributed by atoms with Gasteiger partial charge in [0.1, 0.15) is 0 Å². The van der Waals surface area contributed by atoms with Gasteiger partial charge >= 0.3 is 0 Å². The fourth-order valence-corrected chi connectivity index (χ4v) is 1.41. The van der Waals surface area contributed by atoms with Crippen LogP contribution in [0.1, 0.15) is 38.8 Å². The summed E-state index contributed by atoms with van der Waals surface area (Å²) in [5.41, 5.74) is 1.09. The molecule has 0 aliphatic carbocycles. The molecule has 3 heteroatoms. The maximum atomic E-state index is 4.07. The lowest BCUT2D eigenvalue weighted by atomic mass is 9.91. The van der Waals surface area contributed by atoms with Crippen molar-refractivity contribution in [1.29, 1.82) is 0 Å². The number of aromatic nitrogens is 3. The SMILES string of the molecule is CCC(c1cn[nH]n1)C(C)C. The van der Waals surface area contributed by atoms with Crippen molar-refractivity contribution in [2.24, 2.45) is 5.92 Å². The number of H-pyrrole nitrogens is 1. The Morgan fingerprint density at radius 3 is 2.64 bits per heavy atom. The largest absolute Gasteiger partial charge is 0.198 e. The van der Waals surface area contributed by atoms with Crippen LogP contribution in [-0.4, -0.2) is 15.4 Å². The zero-order chi connectivity index (χ0) is 8.27. The molecule has 1 aromatic heterocycles. The van der Waals surface area contributed by atoms with Gasteiger partial charge in [-0.15, -0.1) is 0 Å². The van der Waals surface area contributed by atoms with E-state index in [1.54, 1.807) is 0 Å². The summed E-state index contributed by atoms with van der Waals surface area (Å²) >= 11 is 0. The lowest BCUT2D eigenvalue weighted by Crippen LogP contribution is -2.05. The van der Waals surface area contributed by atoms with Crippen molar-refractivity contribution in [3.63, 3.8) is 0 Å². The molecule has 1 heterocycles. The van der Waals surface area contributed by atoms with E-state index in [2.05, 4.69) is 36.2 Å². The molecule has 62 valence electrons. The van der Waals surface area contributed by atoms with Gasteiger partial charge in [0.2, 0.25) is 0 Å². The number of nitrogens with zero attached hydrogens (tertiary/aromatic N) is 2. The Bertz CT molecular complexity index is 191. The molecule has 0 radical (unpaired) electrons. The van der Waals surface area contributed by atoms with E-state index in [1.807, 2.05) is 6.20 Å². The van der Waals surface area contributed by atoms with Crippen LogP contribution in [0.2, 0.25) is 0 Å². The second-order valence-electron chi connectivity index (χ2n) is 3.15. The van der Waals surface area contributed by atoms with E-state index in [1.165, 1.54) is 0 Å². The van der Waals surface area contributed by atoms with E-state index in [9.17, 15) is 0 Å². The topological polar surface area (TPSA) is 41.6 Å². The quantitative estimate of drug-likeness (QED) is 0.721. The van der Waals surface area contributed by atoms with Gasteiger partial charge in [-0.2, -0.15) is 15.4 Å². The highest BCUT2D eigenvalue weighted by molar-refractivity contribution is 5.01. The van der Waals surface area contributed by atoms with E-state index in [0.29, 0.717) is 11.8 Å². The Morgan fingerprint density at radius 2 is 2.27 bits per heavy atom. The second kappa shape index (κ2) is 3.51. The van der Waals surface area contributed by atoms with Crippen LogP contribution in [0.5, 0.6) is 0 Å². The Morgan fingerprint density at radius 1 is 1.55 bits per heavy atom. The van der Waals surface area contributed by atoms with Crippen molar-refractivity contribution in [3.05, 3.63) is 11.9 Å². The zero-order valence-electron chi connectivity index (χ0n) is 7.33. The first kappa shape index (κ1) is 8.24. The summed E-state index contributed by atoms with van der Waals surface area (Å²) in [5, 5.41) is 10.5. The lowest BCUT2D eigenvalue weighted by molar-refractivity contribution is 0.474. The highest BCUT2D eigenvalue weighted by Crippen LogP contribution is 2.24. The third-order valence-corrected chi connectivity index (χ3v) is 2.06. The summed E-state index contributed by atoms with van der Waals surface area (Å²) in [6.45, 7) is 6.60. The number of hydrogen-bond donors (Lipinski definition) is 1. The van der Waals surface area contributed by atoms with E-state index >= 15 is 0 Å². The molecule has 0 amide bonds. The Labute approximate surface area is 67.2 Å². The molecule has 11 heavy (non-hydrogen) atoms.